The minimum absolute atomic E-state index is 0. The molecular weight excluding hydrogens is 234 g/mol. The van der Waals surface area contributed by atoms with Crippen molar-refractivity contribution in [1.29, 1.82) is 5.41 Å². The van der Waals surface area contributed by atoms with Crippen LogP contribution < -0.4 is 0 Å². The third-order valence-electron chi connectivity index (χ3n) is 1.34. The first-order valence-electron chi connectivity index (χ1n) is 5.56. The Morgan fingerprint density at radius 2 is 1.17 bits per heavy atom. The van der Waals surface area contributed by atoms with Crippen molar-refractivity contribution in [3.8, 4) is 0 Å². The molecule has 0 saturated heterocycles. The summed E-state index contributed by atoms with van der Waals surface area (Å²) < 4.78 is 0. The molecule has 6 nitrogen and oxygen atoms in total. The van der Waals surface area contributed by atoms with Gasteiger partial charge in [0.15, 0.2) is 0 Å². The molecule has 0 amide bonds. The van der Waals surface area contributed by atoms with Crippen LogP contribution in [-0.2, 0) is 4.79 Å². The highest BCUT2D eigenvalue weighted by Gasteiger charge is 2.03. The van der Waals surface area contributed by atoms with Crippen molar-refractivity contribution in [2.75, 3.05) is 0 Å². The summed E-state index contributed by atoms with van der Waals surface area (Å²) in [6, 6.07) is -0.0741. The first kappa shape index (κ1) is 30.0. The maximum absolute atomic E-state index is 9.70. The van der Waals surface area contributed by atoms with E-state index >= 15 is 0 Å². The van der Waals surface area contributed by atoms with Crippen molar-refractivity contribution in [3.63, 3.8) is 0 Å². The van der Waals surface area contributed by atoms with E-state index in [1.807, 2.05) is 34.6 Å². The van der Waals surface area contributed by atoms with Crippen LogP contribution in [0.1, 0.15) is 55.9 Å². The van der Waals surface area contributed by atoms with Gasteiger partial charge in [-0.25, -0.2) is 10.2 Å². The van der Waals surface area contributed by atoms with Crippen LogP contribution in [-0.4, -0.2) is 18.2 Å². The van der Waals surface area contributed by atoms with Crippen LogP contribution in [0.15, 0.2) is 10.4 Å². The smallest absolute Gasteiger partial charge is 0.222 e. The maximum Gasteiger partial charge on any atom is 0.231 e. The average molecular weight is 263 g/mol. The summed E-state index contributed by atoms with van der Waals surface area (Å²) in [5.41, 5.74) is 0. The molecule has 6 heteroatoms. The minimum atomic E-state index is -0.0463. The summed E-state index contributed by atoms with van der Waals surface area (Å²) in [4.78, 5) is 27.3. The van der Waals surface area contributed by atoms with E-state index < -0.39 is 0 Å². The summed E-state index contributed by atoms with van der Waals surface area (Å²) in [7, 11) is 0. The van der Waals surface area contributed by atoms with Crippen LogP contribution in [0.4, 0.5) is 0 Å². The Morgan fingerprint density at radius 3 is 1.17 bits per heavy atom. The molecule has 0 saturated carbocycles. The Bertz CT molecular complexity index is 189. The van der Waals surface area contributed by atoms with E-state index in [1.54, 1.807) is 13.8 Å². The van der Waals surface area contributed by atoms with Crippen molar-refractivity contribution >= 4 is 6.08 Å². The van der Waals surface area contributed by atoms with Gasteiger partial charge in [0.1, 0.15) is 0 Å². The number of hydrogen-bond donors (Lipinski definition) is 1. The molecule has 0 spiro atoms. The summed E-state index contributed by atoms with van der Waals surface area (Å²) in [5, 5.41) is 10.9. The number of carbonyl (C=O) groups excluding carboxylic acids is 1. The van der Waals surface area contributed by atoms with Crippen molar-refractivity contribution in [2.45, 2.75) is 68.0 Å². The summed E-state index contributed by atoms with van der Waals surface area (Å²) >= 11 is 0. The molecule has 0 fully saturated rings. The first-order chi connectivity index (χ1) is 7.87. The van der Waals surface area contributed by atoms with Crippen LogP contribution in [0.5, 0.6) is 0 Å². The van der Waals surface area contributed by atoms with Crippen molar-refractivity contribution in [3.05, 3.63) is 9.81 Å². The van der Waals surface area contributed by atoms with Gasteiger partial charge < -0.3 is 0 Å². The molecule has 0 heterocycles. The van der Waals surface area contributed by atoms with Crippen LogP contribution in [0.3, 0.4) is 0 Å². The Morgan fingerprint density at radius 1 is 0.944 bits per heavy atom. The second-order valence-corrected chi connectivity index (χ2v) is 3.39. The SMILES string of the molecule is C.CC.CC(C)C(C)N=O.CC(C)N=O.N=C=O. The average Bonchev–Trinajstić information content (AvgIpc) is 2.32. The molecule has 0 aromatic rings. The zero-order valence-electron chi connectivity index (χ0n) is 11.9. The van der Waals surface area contributed by atoms with Crippen molar-refractivity contribution in [1.82, 2.24) is 0 Å². The lowest BCUT2D eigenvalue weighted by atomic mass is 10.1. The molecule has 18 heavy (non-hydrogen) atoms. The maximum atomic E-state index is 9.70. The molecule has 1 N–H and O–H groups in total. The second kappa shape index (κ2) is 29.6. The first-order valence-corrected chi connectivity index (χ1v) is 5.56. The van der Waals surface area contributed by atoms with Crippen LogP contribution in [0, 0.1) is 21.1 Å². The number of hydrogen-bond acceptors (Lipinski definition) is 6. The predicted octanol–water partition coefficient (Wildman–Crippen LogP) is 4.52. The second-order valence-electron chi connectivity index (χ2n) is 3.39. The number of rotatable bonds is 3. The lowest BCUT2D eigenvalue weighted by Gasteiger charge is -2.02. The third kappa shape index (κ3) is 62.1. The van der Waals surface area contributed by atoms with Gasteiger partial charge in [0.2, 0.25) is 6.08 Å². The molecule has 0 bridgehead atoms. The lowest BCUT2D eigenvalue weighted by molar-refractivity contribution is 0.528. The van der Waals surface area contributed by atoms with Gasteiger partial charge in [-0.15, -0.1) is 0 Å². The summed E-state index contributed by atoms with van der Waals surface area (Å²) in [6.07, 6.45) is 0.750. The molecule has 0 aromatic carbocycles. The van der Waals surface area contributed by atoms with Crippen molar-refractivity contribution in [2.24, 2.45) is 16.3 Å². The molecule has 0 radical (unpaired) electrons. The van der Waals surface area contributed by atoms with Gasteiger partial charge in [-0.1, -0.05) is 45.5 Å². The third-order valence-corrected chi connectivity index (χ3v) is 1.34. The van der Waals surface area contributed by atoms with E-state index in [-0.39, 0.29) is 19.5 Å². The molecule has 0 aliphatic rings. The monoisotopic (exact) mass is 263 g/mol. The highest BCUT2D eigenvalue weighted by molar-refractivity contribution is 5.26. The number of nitrogens with zero attached hydrogens (tertiary/aromatic N) is 2. The van der Waals surface area contributed by atoms with E-state index in [0.29, 0.717) is 5.92 Å². The van der Waals surface area contributed by atoms with E-state index in [0.717, 1.165) is 6.08 Å². The fourth-order valence-electron chi connectivity index (χ4n) is 0.122. The molecule has 0 aliphatic carbocycles. The van der Waals surface area contributed by atoms with Crippen molar-refractivity contribution < 1.29 is 4.79 Å². The molecule has 1 atom stereocenters. The highest BCUT2D eigenvalue weighted by atomic mass is 16.3. The number of nitrogens with one attached hydrogen (secondary N) is 1. The number of nitroso groups, excluding NO2 is 2. The Balaban J connectivity index is -0.0000000455. The standard InChI is InChI=1S/C5H11NO.C3H7NO.C2H6.CHNO.CH4/c1-4(2)5(3)6-7;1-3(2)4-5;1-2;2-1-3;/h4-5H,1-3H3;3H,1-2H3;1-2H3;2H;1H4. The van der Waals surface area contributed by atoms with Gasteiger partial charge in [0, 0.05) is 0 Å². The Kier molecular flexibility index (Phi) is 49.3. The lowest BCUT2D eigenvalue weighted by Crippen LogP contribution is -2.05. The largest absolute Gasteiger partial charge is 0.231 e. The minimum Gasteiger partial charge on any atom is -0.222 e. The molecule has 0 aromatic heterocycles. The van der Waals surface area contributed by atoms with Crippen LogP contribution in [0.25, 0.3) is 0 Å². The molecule has 0 aliphatic heterocycles. The van der Waals surface area contributed by atoms with Crippen LogP contribution >= 0.6 is 0 Å². The van der Waals surface area contributed by atoms with Gasteiger partial charge in [-0.05, 0) is 26.7 Å². The van der Waals surface area contributed by atoms with E-state index in [9.17, 15) is 9.81 Å². The predicted molar refractivity (Wildman–Crippen MR) is 77.5 cm³/mol. The topological polar surface area (TPSA) is 99.8 Å². The van der Waals surface area contributed by atoms with Crippen LogP contribution in [0.2, 0.25) is 0 Å². The zero-order chi connectivity index (χ0) is 14.9. The normalized spacial score (nSPS) is 8.72. The van der Waals surface area contributed by atoms with Gasteiger partial charge >= 0.3 is 0 Å². The fraction of sp³-hybridized carbons (Fsp3) is 0.917. The molecular formula is C12H29N3O3. The van der Waals surface area contributed by atoms with Gasteiger partial charge in [0.25, 0.3) is 0 Å². The zero-order valence-corrected chi connectivity index (χ0v) is 11.9. The van der Waals surface area contributed by atoms with E-state index in [4.69, 9.17) is 10.2 Å². The Hall–Kier alpha value is -1.42. The van der Waals surface area contributed by atoms with E-state index in [2.05, 4.69) is 10.4 Å². The van der Waals surface area contributed by atoms with E-state index in [1.165, 1.54) is 0 Å². The summed E-state index contributed by atoms with van der Waals surface area (Å²) in [5.74, 6) is 0.387. The van der Waals surface area contributed by atoms with Gasteiger partial charge in [-0.3, -0.25) is 0 Å². The fourth-order valence-corrected chi connectivity index (χ4v) is 0.122. The van der Waals surface area contributed by atoms with Gasteiger partial charge in [0.05, 0.1) is 12.1 Å². The highest BCUT2D eigenvalue weighted by Crippen LogP contribution is 2.02. The molecule has 110 valence electrons. The Labute approximate surface area is 111 Å². The summed E-state index contributed by atoms with van der Waals surface area (Å²) in [6.45, 7) is 13.3. The molecule has 0 rings (SSSR count). The van der Waals surface area contributed by atoms with Gasteiger partial charge in [-0.2, -0.15) is 9.81 Å². The number of isocyanates is 1. The molecule has 1 unspecified atom stereocenters. The quantitative estimate of drug-likeness (QED) is 0.460.